The van der Waals surface area contributed by atoms with Crippen LogP contribution >= 0.6 is 0 Å². The molecular formula is C21H26N4O2. The van der Waals surface area contributed by atoms with Gasteiger partial charge >= 0.3 is 0 Å². The zero-order valence-electron chi connectivity index (χ0n) is 16.1. The van der Waals surface area contributed by atoms with Crippen LogP contribution in [0.2, 0.25) is 0 Å². The summed E-state index contributed by atoms with van der Waals surface area (Å²) in [5.41, 5.74) is 2.51. The number of nitrogens with zero attached hydrogens (tertiary/aromatic N) is 4. The summed E-state index contributed by atoms with van der Waals surface area (Å²) in [4.78, 5) is 19.6. The molecule has 5 atom stereocenters. The molecule has 2 bridgehead atoms. The SMILES string of the molecule is COC1C2CC3CN(C(=O)c4cc(C(C)C)n(-c5ccncc5)n4)C1C3C2. The first-order chi connectivity index (χ1) is 13.1. The van der Waals surface area contributed by atoms with Crippen molar-refractivity contribution in [3.63, 3.8) is 0 Å². The summed E-state index contributed by atoms with van der Waals surface area (Å²) >= 11 is 0. The lowest BCUT2D eigenvalue weighted by Crippen LogP contribution is -2.44. The second kappa shape index (κ2) is 6.16. The third-order valence-corrected chi connectivity index (χ3v) is 6.80. The van der Waals surface area contributed by atoms with E-state index in [1.165, 1.54) is 12.8 Å². The van der Waals surface area contributed by atoms with E-state index in [4.69, 9.17) is 9.84 Å². The Kier molecular flexibility index (Phi) is 3.86. The minimum Gasteiger partial charge on any atom is -0.379 e. The molecule has 3 heterocycles. The monoisotopic (exact) mass is 366 g/mol. The van der Waals surface area contributed by atoms with Crippen LogP contribution in [0.5, 0.6) is 0 Å². The van der Waals surface area contributed by atoms with E-state index in [2.05, 4.69) is 23.7 Å². The minimum absolute atomic E-state index is 0.0480. The summed E-state index contributed by atoms with van der Waals surface area (Å²) in [6.45, 7) is 5.10. The van der Waals surface area contributed by atoms with Crippen molar-refractivity contribution in [2.45, 2.75) is 44.8 Å². The number of pyridine rings is 1. The van der Waals surface area contributed by atoms with Gasteiger partial charge in [0.25, 0.3) is 5.91 Å². The molecule has 2 aliphatic carbocycles. The molecule has 142 valence electrons. The van der Waals surface area contributed by atoms with E-state index >= 15 is 0 Å². The zero-order valence-corrected chi connectivity index (χ0v) is 16.1. The fourth-order valence-corrected chi connectivity index (χ4v) is 5.70. The van der Waals surface area contributed by atoms with Crippen LogP contribution < -0.4 is 0 Å². The number of carbonyl (C=O) groups is 1. The van der Waals surface area contributed by atoms with E-state index in [1.807, 2.05) is 22.9 Å². The highest BCUT2D eigenvalue weighted by Gasteiger charge is 2.60. The predicted molar refractivity (Wildman–Crippen MR) is 101 cm³/mol. The summed E-state index contributed by atoms with van der Waals surface area (Å²) in [5, 5.41) is 4.71. The lowest BCUT2D eigenvalue weighted by molar-refractivity contribution is 0.0110. The lowest BCUT2D eigenvalue weighted by Gasteiger charge is -2.30. The molecular weight excluding hydrogens is 340 g/mol. The maximum atomic E-state index is 13.4. The maximum Gasteiger partial charge on any atom is 0.274 e. The highest BCUT2D eigenvalue weighted by Crippen LogP contribution is 2.56. The number of hydrogen-bond donors (Lipinski definition) is 0. The summed E-state index contributed by atoms with van der Waals surface area (Å²) in [5.74, 6) is 2.18. The van der Waals surface area contributed by atoms with Gasteiger partial charge in [0, 0.05) is 31.7 Å². The predicted octanol–water partition coefficient (Wildman–Crippen LogP) is 2.89. The van der Waals surface area contributed by atoms with Crippen LogP contribution in [-0.2, 0) is 4.74 Å². The zero-order chi connectivity index (χ0) is 18.7. The van der Waals surface area contributed by atoms with E-state index in [0.29, 0.717) is 23.4 Å². The molecule has 5 unspecified atom stereocenters. The molecule has 1 aliphatic heterocycles. The number of carbonyl (C=O) groups excluding carboxylic acids is 1. The third-order valence-electron chi connectivity index (χ3n) is 6.80. The van der Waals surface area contributed by atoms with E-state index in [1.54, 1.807) is 19.5 Å². The van der Waals surface area contributed by atoms with Gasteiger partial charge in [-0.3, -0.25) is 9.78 Å². The van der Waals surface area contributed by atoms with E-state index in [9.17, 15) is 4.79 Å². The fourth-order valence-electron chi connectivity index (χ4n) is 5.70. The van der Waals surface area contributed by atoms with Gasteiger partial charge in [-0.2, -0.15) is 5.10 Å². The molecule has 0 aromatic carbocycles. The molecule has 0 spiro atoms. The van der Waals surface area contributed by atoms with Gasteiger partial charge in [0.2, 0.25) is 0 Å². The molecule has 6 nitrogen and oxygen atoms in total. The number of ether oxygens (including phenoxy) is 1. The van der Waals surface area contributed by atoms with Crippen molar-refractivity contribution in [1.82, 2.24) is 19.7 Å². The average Bonchev–Trinajstić information content (AvgIpc) is 3.40. The van der Waals surface area contributed by atoms with Crippen molar-refractivity contribution >= 4 is 5.91 Å². The molecule has 3 aliphatic rings. The summed E-state index contributed by atoms with van der Waals surface area (Å²) in [6, 6.07) is 6.03. The van der Waals surface area contributed by atoms with Gasteiger partial charge in [0.1, 0.15) is 0 Å². The van der Waals surface area contributed by atoms with E-state index in [0.717, 1.165) is 17.9 Å². The largest absolute Gasteiger partial charge is 0.379 e. The van der Waals surface area contributed by atoms with Crippen molar-refractivity contribution < 1.29 is 9.53 Å². The topological polar surface area (TPSA) is 60.2 Å². The first kappa shape index (κ1) is 16.9. The van der Waals surface area contributed by atoms with Crippen molar-refractivity contribution in [2.24, 2.45) is 17.8 Å². The summed E-state index contributed by atoms with van der Waals surface area (Å²) < 4.78 is 7.69. The third kappa shape index (κ3) is 2.46. The quantitative estimate of drug-likeness (QED) is 0.835. The second-order valence-electron chi connectivity index (χ2n) is 8.53. The molecule has 2 aromatic heterocycles. The molecule has 1 amide bonds. The van der Waals surface area contributed by atoms with E-state index in [-0.39, 0.29) is 24.0 Å². The van der Waals surface area contributed by atoms with Crippen molar-refractivity contribution in [3.05, 3.63) is 42.0 Å². The Morgan fingerprint density at radius 3 is 2.70 bits per heavy atom. The van der Waals surface area contributed by atoms with Crippen LogP contribution in [-0.4, -0.2) is 51.4 Å². The van der Waals surface area contributed by atoms with Crippen LogP contribution in [0.3, 0.4) is 0 Å². The van der Waals surface area contributed by atoms with Crippen LogP contribution in [0, 0.1) is 17.8 Å². The lowest BCUT2D eigenvalue weighted by atomic mass is 9.88. The number of hydrogen-bond acceptors (Lipinski definition) is 4. The van der Waals surface area contributed by atoms with Gasteiger partial charge in [-0.05, 0) is 54.7 Å². The molecule has 2 saturated carbocycles. The molecule has 0 radical (unpaired) electrons. The number of fused-ring (bicyclic) bond motifs is 1. The van der Waals surface area contributed by atoms with Crippen molar-refractivity contribution in [1.29, 1.82) is 0 Å². The summed E-state index contributed by atoms with van der Waals surface area (Å²) in [7, 11) is 1.79. The summed E-state index contributed by atoms with van der Waals surface area (Å²) in [6.07, 6.45) is 6.10. The minimum atomic E-state index is 0.0480. The maximum absolute atomic E-state index is 13.4. The second-order valence-corrected chi connectivity index (χ2v) is 8.53. The molecule has 5 rings (SSSR count). The Balaban J connectivity index is 1.49. The highest BCUT2D eigenvalue weighted by molar-refractivity contribution is 5.93. The van der Waals surface area contributed by atoms with Crippen LogP contribution in [0.15, 0.2) is 30.6 Å². The van der Waals surface area contributed by atoms with Gasteiger partial charge in [-0.1, -0.05) is 13.8 Å². The van der Waals surface area contributed by atoms with Crippen LogP contribution in [0.25, 0.3) is 5.69 Å². The standard InChI is InChI=1S/C21H26N4O2/c1-12(2)18-10-17(23-25(18)15-4-6-22-7-5-15)21(26)24-11-14-8-13-9-16(14)19(24)20(13)27-3/h4-7,10,12-14,16,19-20H,8-9,11H2,1-3H3. The number of rotatable bonds is 4. The smallest absolute Gasteiger partial charge is 0.274 e. The molecule has 0 N–H and O–H groups in total. The number of aromatic nitrogens is 3. The van der Waals surface area contributed by atoms with Crippen molar-refractivity contribution in [3.8, 4) is 5.69 Å². The number of likely N-dealkylation sites (tertiary alicyclic amines) is 1. The Hall–Kier alpha value is -2.21. The number of amides is 1. The Labute approximate surface area is 159 Å². The number of methoxy groups -OCH3 is 1. The molecule has 3 fully saturated rings. The molecule has 1 saturated heterocycles. The highest BCUT2D eigenvalue weighted by atomic mass is 16.5. The van der Waals surface area contributed by atoms with Gasteiger partial charge in [-0.25, -0.2) is 4.68 Å². The van der Waals surface area contributed by atoms with Gasteiger partial charge in [-0.15, -0.1) is 0 Å². The van der Waals surface area contributed by atoms with Gasteiger partial charge < -0.3 is 9.64 Å². The first-order valence-electron chi connectivity index (χ1n) is 9.92. The van der Waals surface area contributed by atoms with Crippen LogP contribution in [0.1, 0.15) is 48.8 Å². The normalized spacial score (nSPS) is 31.3. The fraction of sp³-hybridized carbons (Fsp3) is 0.571. The Bertz CT molecular complexity index is 860. The van der Waals surface area contributed by atoms with Crippen molar-refractivity contribution in [2.75, 3.05) is 13.7 Å². The molecule has 27 heavy (non-hydrogen) atoms. The molecule has 6 heteroatoms. The Morgan fingerprint density at radius 2 is 2.00 bits per heavy atom. The van der Waals surface area contributed by atoms with Gasteiger partial charge in [0.15, 0.2) is 5.69 Å². The molecule has 2 aromatic rings. The first-order valence-corrected chi connectivity index (χ1v) is 9.92. The van der Waals surface area contributed by atoms with Gasteiger partial charge in [0.05, 0.1) is 17.8 Å². The Morgan fingerprint density at radius 1 is 1.22 bits per heavy atom. The van der Waals surface area contributed by atoms with E-state index < -0.39 is 0 Å². The average molecular weight is 366 g/mol. The van der Waals surface area contributed by atoms with Crippen LogP contribution in [0.4, 0.5) is 0 Å².